The Kier molecular flexibility index (Phi) is 5.08. The van der Waals surface area contributed by atoms with Gasteiger partial charge in [0.15, 0.2) is 0 Å². The maximum Gasteiger partial charge on any atom is 0.284 e. The predicted molar refractivity (Wildman–Crippen MR) is 77.7 cm³/mol. The van der Waals surface area contributed by atoms with Crippen molar-refractivity contribution in [3.05, 3.63) is 53.5 Å². The zero-order valence-corrected chi connectivity index (χ0v) is 11.4. The molecule has 0 saturated carbocycles. The molecule has 0 unspecified atom stereocenters. The highest BCUT2D eigenvalue weighted by Crippen LogP contribution is 2.21. The van der Waals surface area contributed by atoms with Gasteiger partial charge < -0.3 is 9.73 Å². The molecule has 0 aliphatic heterocycles. The van der Waals surface area contributed by atoms with Gasteiger partial charge in [0.1, 0.15) is 11.5 Å². The Morgan fingerprint density at radius 3 is 2.80 bits per heavy atom. The van der Waals surface area contributed by atoms with Gasteiger partial charge in [0, 0.05) is 11.3 Å². The molecule has 1 heterocycles. The number of halogens is 2. The highest BCUT2D eigenvalue weighted by Gasteiger charge is 2.07. The molecule has 0 atom stereocenters. The first-order valence-electron chi connectivity index (χ1n) is 5.95. The molecule has 0 saturated heterocycles. The first-order valence-corrected chi connectivity index (χ1v) is 7.00. The Bertz CT molecular complexity index is 604. The molecule has 2 nitrogen and oxygen atoms in total. The van der Waals surface area contributed by atoms with E-state index in [4.69, 9.17) is 10.8 Å². The molecule has 20 heavy (non-hydrogen) atoms. The largest absolute Gasteiger partial charge is 0.463 e. The van der Waals surface area contributed by atoms with E-state index in [1.54, 1.807) is 12.1 Å². The average molecular weight is 293 g/mol. The van der Waals surface area contributed by atoms with Crippen molar-refractivity contribution in [3.63, 3.8) is 0 Å². The van der Waals surface area contributed by atoms with Crippen LogP contribution < -0.4 is 5.32 Å². The first-order chi connectivity index (χ1) is 9.67. The lowest BCUT2D eigenvalue weighted by atomic mass is 10.2. The molecular weight excluding hydrogens is 280 g/mol. The minimum absolute atomic E-state index is 0.171. The monoisotopic (exact) mass is 293 g/mol. The van der Waals surface area contributed by atoms with Crippen molar-refractivity contribution in [3.8, 4) is 12.3 Å². The Hall–Kier alpha value is -1.93. The van der Waals surface area contributed by atoms with Crippen LogP contribution in [0.4, 0.5) is 14.5 Å². The topological polar surface area (TPSA) is 25.2 Å². The van der Waals surface area contributed by atoms with Gasteiger partial charge in [-0.25, -0.2) is 0 Å². The zero-order chi connectivity index (χ0) is 14.4. The minimum Gasteiger partial charge on any atom is -0.463 e. The maximum absolute atomic E-state index is 12.1. The fourth-order valence-corrected chi connectivity index (χ4v) is 2.09. The summed E-state index contributed by atoms with van der Waals surface area (Å²) in [6.45, 7) is 0.480. The number of hydrogen-bond donors (Lipinski definition) is 1. The third-order valence-electron chi connectivity index (χ3n) is 2.56. The molecule has 1 N–H and O–H groups in total. The number of terminal acetylenes is 1. The van der Waals surface area contributed by atoms with Gasteiger partial charge in [-0.3, -0.25) is 0 Å². The van der Waals surface area contributed by atoms with Crippen LogP contribution in [-0.2, 0) is 12.3 Å². The van der Waals surface area contributed by atoms with Crippen LogP contribution in [0.3, 0.4) is 0 Å². The molecule has 2 aromatic rings. The van der Waals surface area contributed by atoms with Crippen molar-refractivity contribution in [1.82, 2.24) is 0 Å². The number of thioether (sulfide) groups is 1. The predicted octanol–water partition coefficient (Wildman–Crippen LogP) is 4.33. The summed E-state index contributed by atoms with van der Waals surface area (Å²) in [6, 6.07) is 11.0. The second kappa shape index (κ2) is 7.01. The number of furan rings is 1. The van der Waals surface area contributed by atoms with Gasteiger partial charge in [-0.15, -0.1) is 6.42 Å². The van der Waals surface area contributed by atoms with Crippen LogP contribution in [0, 0.1) is 12.3 Å². The van der Waals surface area contributed by atoms with Crippen LogP contribution >= 0.6 is 11.8 Å². The van der Waals surface area contributed by atoms with Crippen LogP contribution in [-0.4, -0.2) is 5.76 Å². The fraction of sp³-hybridized carbons (Fsp3) is 0.200. The number of alkyl halides is 2. The van der Waals surface area contributed by atoms with Gasteiger partial charge in [-0.05, 0) is 30.3 Å². The summed E-state index contributed by atoms with van der Waals surface area (Å²) in [5.41, 5.74) is 1.68. The normalized spacial score (nSPS) is 10.5. The molecule has 0 radical (unpaired) electrons. The molecule has 0 aliphatic rings. The Morgan fingerprint density at radius 2 is 2.05 bits per heavy atom. The smallest absolute Gasteiger partial charge is 0.284 e. The standard InChI is InChI=1S/C15H13F2NOS/c1-2-11-4-3-5-12(8-11)18-9-13-6-7-14(19-13)10-20-15(16)17/h1,3-8,15,18H,9-10H2. The molecule has 5 heteroatoms. The first kappa shape index (κ1) is 14.5. The zero-order valence-electron chi connectivity index (χ0n) is 10.6. The van der Waals surface area contributed by atoms with E-state index in [2.05, 4.69) is 11.2 Å². The highest BCUT2D eigenvalue weighted by molar-refractivity contribution is 7.98. The van der Waals surface area contributed by atoms with Gasteiger partial charge in [-0.1, -0.05) is 23.7 Å². The van der Waals surface area contributed by atoms with Gasteiger partial charge in [-0.2, -0.15) is 8.78 Å². The van der Waals surface area contributed by atoms with E-state index in [9.17, 15) is 8.78 Å². The quantitative estimate of drug-likeness (QED) is 0.803. The van der Waals surface area contributed by atoms with E-state index in [1.165, 1.54) is 0 Å². The van der Waals surface area contributed by atoms with E-state index in [1.807, 2.05) is 24.3 Å². The fourth-order valence-electron chi connectivity index (χ4n) is 1.65. The summed E-state index contributed by atoms with van der Waals surface area (Å²) in [5.74, 6) is 1.59. The third kappa shape index (κ3) is 4.32. The Balaban J connectivity index is 1.89. The molecule has 0 amide bonds. The summed E-state index contributed by atoms with van der Waals surface area (Å²) in [5, 5.41) is 3.17. The number of anilines is 1. The summed E-state index contributed by atoms with van der Waals surface area (Å²) in [6.07, 6.45) is 5.33. The summed E-state index contributed by atoms with van der Waals surface area (Å²) in [4.78, 5) is 0. The lowest BCUT2D eigenvalue weighted by Gasteiger charge is -2.04. The summed E-state index contributed by atoms with van der Waals surface area (Å²) >= 11 is 0.547. The van der Waals surface area contributed by atoms with Crippen LogP contribution in [0.1, 0.15) is 17.1 Å². The van der Waals surface area contributed by atoms with Crippen molar-refractivity contribution in [2.24, 2.45) is 0 Å². The minimum atomic E-state index is -2.38. The Morgan fingerprint density at radius 1 is 1.25 bits per heavy atom. The van der Waals surface area contributed by atoms with Crippen molar-refractivity contribution < 1.29 is 13.2 Å². The second-order valence-corrected chi connectivity index (χ2v) is 5.00. The van der Waals surface area contributed by atoms with Gasteiger partial charge >= 0.3 is 0 Å². The van der Waals surface area contributed by atoms with Crippen LogP contribution in [0.5, 0.6) is 0 Å². The van der Waals surface area contributed by atoms with Crippen molar-refractivity contribution in [2.75, 3.05) is 5.32 Å². The third-order valence-corrected chi connectivity index (χ3v) is 3.27. The molecule has 0 spiro atoms. The van der Waals surface area contributed by atoms with Gasteiger partial charge in [0.05, 0.1) is 12.3 Å². The summed E-state index contributed by atoms with van der Waals surface area (Å²) < 4.78 is 29.6. The van der Waals surface area contributed by atoms with Crippen molar-refractivity contribution in [2.45, 2.75) is 18.1 Å². The van der Waals surface area contributed by atoms with Crippen LogP contribution in [0.15, 0.2) is 40.8 Å². The lowest BCUT2D eigenvalue weighted by Crippen LogP contribution is -1.98. The van der Waals surface area contributed by atoms with E-state index < -0.39 is 5.76 Å². The molecular formula is C15H13F2NOS. The number of nitrogens with one attached hydrogen (secondary N) is 1. The van der Waals surface area contributed by atoms with Gasteiger partial charge in [0.2, 0.25) is 0 Å². The Labute approximate surface area is 120 Å². The van der Waals surface area contributed by atoms with E-state index >= 15 is 0 Å². The average Bonchev–Trinajstić information content (AvgIpc) is 2.91. The molecule has 1 aromatic heterocycles. The second-order valence-electron chi connectivity index (χ2n) is 4.02. The van der Waals surface area contributed by atoms with Gasteiger partial charge in [0.25, 0.3) is 5.76 Å². The number of benzene rings is 1. The molecule has 104 valence electrons. The van der Waals surface area contributed by atoms with E-state index in [-0.39, 0.29) is 5.75 Å². The number of hydrogen-bond acceptors (Lipinski definition) is 3. The SMILES string of the molecule is C#Cc1cccc(NCc2ccc(CSC(F)F)o2)c1. The van der Waals surface area contributed by atoms with E-state index in [0.717, 1.165) is 11.3 Å². The lowest BCUT2D eigenvalue weighted by molar-refractivity contribution is 0.251. The van der Waals surface area contributed by atoms with E-state index in [0.29, 0.717) is 29.8 Å². The maximum atomic E-state index is 12.1. The van der Waals surface area contributed by atoms with Crippen LogP contribution in [0.2, 0.25) is 0 Å². The molecule has 2 rings (SSSR count). The molecule has 0 fully saturated rings. The number of rotatable bonds is 6. The van der Waals surface area contributed by atoms with Crippen LogP contribution in [0.25, 0.3) is 0 Å². The molecule has 0 aliphatic carbocycles. The molecule has 0 bridgehead atoms. The molecule has 1 aromatic carbocycles. The summed E-state index contributed by atoms with van der Waals surface area (Å²) in [7, 11) is 0. The highest BCUT2D eigenvalue weighted by atomic mass is 32.2. The van der Waals surface area contributed by atoms with Crippen molar-refractivity contribution in [1.29, 1.82) is 0 Å². The van der Waals surface area contributed by atoms with Crippen molar-refractivity contribution >= 4 is 17.4 Å².